The standard InChI is InChI=1S/C16H11N3O3/c1-8(20)17-9-5-6-12-11(7-9)15-14-10(16(21)19-18-15)3-2-4-13(14)22-12/h2-7H,1H3,(H,17,20)(H,19,21). The molecule has 4 rings (SSSR count). The predicted molar refractivity (Wildman–Crippen MR) is 82.2 cm³/mol. The second-order valence-electron chi connectivity index (χ2n) is 5.07. The van der Waals surface area contributed by atoms with Crippen LogP contribution >= 0.6 is 0 Å². The van der Waals surface area contributed by atoms with E-state index in [0.717, 1.165) is 5.56 Å². The largest absolute Gasteiger partial charge is 0.456 e. The highest BCUT2D eigenvalue weighted by molar-refractivity contribution is 6.02. The smallest absolute Gasteiger partial charge is 0.272 e. The number of H-pyrrole nitrogens is 1. The van der Waals surface area contributed by atoms with Crippen molar-refractivity contribution in [3.05, 3.63) is 46.8 Å². The third-order valence-electron chi connectivity index (χ3n) is 3.55. The number of ether oxygens (including phenoxy) is 1. The first-order chi connectivity index (χ1) is 10.6. The van der Waals surface area contributed by atoms with Crippen molar-refractivity contribution in [2.45, 2.75) is 6.92 Å². The molecule has 3 aromatic rings. The highest BCUT2D eigenvalue weighted by atomic mass is 16.5. The molecule has 0 saturated heterocycles. The molecular weight excluding hydrogens is 282 g/mol. The van der Waals surface area contributed by atoms with E-state index in [-0.39, 0.29) is 11.5 Å². The number of hydrogen-bond acceptors (Lipinski definition) is 4. The Morgan fingerprint density at radius 3 is 2.91 bits per heavy atom. The number of carbonyl (C=O) groups is 1. The molecule has 1 aromatic heterocycles. The first kappa shape index (κ1) is 12.6. The zero-order valence-corrected chi connectivity index (χ0v) is 11.6. The number of rotatable bonds is 1. The van der Waals surface area contributed by atoms with Gasteiger partial charge in [-0.25, -0.2) is 5.10 Å². The van der Waals surface area contributed by atoms with Gasteiger partial charge < -0.3 is 10.1 Å². The van der Waals surface area contributed by atoms with Gasteiger partial charge in [0.25, 0.3) is 5.56 Å². The van der Waals surface area contributed by atoms with Gasteiger partial charge in [0.2, 0.25) is 5.91 Å². The highest BCUT2D eigenvalue weighted by Crippen LogP contribution is 2.44. The van der Waals surface area contributed by atoms with Crippen molar-refractivity contribution in [2.24, 2.45) is 0 Å². The van der Waals surface area contributed by atoms with Gasteiger partial charge in [-0.15, -0.1) is 0 Å². The van der Waals surface area contributed by atoms with Crippen molar-refractivity contribution < 1.29 is 9.53 Å². The van der Waals surface area contributed by atoms with E-state index < -0.39 is 0 Å². The third-order valence-corrected chi connectivity index (χ3v) is 3.55. The van der Waals surface area contributed by atoms with Gasteiger partial charge in [-0.05, 0) is 30.3 Å². The molecule has 0 saturated carbocycles. The average molecular weight is 293 g/mol. The van der Waals surface area contributed by atoms with Crippen molar-refractivity contribution in [3.63, 3.8) is 0 Å². The fourth-order valence-electron chi connectivity index (χ4n) is 2.67. The zero-order valence-electron chi connectivity index (χ0n) is 11.6. The quantitative estimate of drug-likeness (QED) is 0.565. The van der Waals surface area contributed by atoms with Crippen molar-refractivity contribution in [1.29, 1.82) is 0 Å². The molecule has 0 bridgehead atoms. The van der Waals surface area contributed by atoms with Gasteiger partial charge in [0.05, 0.1) is 10.8 Å². The molecule has 0 aliphatic carbocycles. The van der Waals surface area contributed by atoms with E-state index in [2.05, 4.69) is 15.5 Å². The van der Waals surface area contributed by atoms with Crippen LogP contribution in [0.15, 0.2) is 41.2 Å². The van der Waals surface area contributed by atoms with E-state index >= 15 is 0 Å². The molecule has 0 spiro atoms. The monoisotopic (exact) mass is 293 g/mol. The first-order valence-corrected chi connectivity index (χ1v) is 6.75. The van der Waals surface area contributed by atoms with Crippen LogP contribution in [0.2, 0.25) is 0 Å². The Balaban J connectivity index is 2.02. The maximum Gasteiger partial charge on any atom is 0.272 e. The van der Waals surface area contributed by atoms with Crippen LogP contribution in [0.3, 0.4) is 0 Å². The molecule has 6 nitrogen and oxygen atoms in total. The molecule has 6 heteroatoms. The summed E-state index contributed by atoms with van der Waals surface area (Å²) in [4.78, 5) is 23.1. The number of aromatic amines is 1. The number of aromatic nitrogens is 2. The summed E-state index contributed by atoms with van der Waals surface area (Å²) in [5, 5.41) is 10.6. The summed E-state index contributed by atoms with van der Waals surface area (Å²) in [6, 6.07) is 10.6. The number of carbonyl (C=O) groups excluding carboxylic acids is 1. The Labute approximate surface area is 124 Å². The normalized spacial score (nSPS) is 11.7. The number of nitrogens with zero attached hydrogens (tertiary/aromatic N) is 1. The number of fused-ring (bicyclic) bond motifs is 2. The van der Waals surface area contributed by atoms with Crippen LogP contribution in [0.25, 0.3) is 22.0 Å². The van der Waals surface area contributed by atoms with E-state index in [4.69, 9.17) is 4.74 Å². The van der Waals surface area contributed by atoms with Gasteiger partial charge in [0.15, 0.2) is 0 Å². The molecule has 0 unspecified atom stereocenters. The van der Waals surface area contributed by atoms with E-state index in [1.165, 1.54) is 6.92 Å². The molecule has 1 aliphatic rings. The minimum absolute atomic E-state index is 0.156. The number of nitrogens with one attached hydrogen (secondary N) is 2. The summed E-state index contributed by atoms with van der Waals surface area (Å²) in [6.45, 7) is 1.45. The highest BCUT2D eigenvalue weighted by Gasteiger charge is 2.22. The van der Waals surface area contributed by atoms with Crippen LogP contribution in [0.1, 0.15) is 6.92 Å². The first-order valence-electron chi connectivity index (χ1n) is 6.75. The second kappa shape index (κ2) is 4.42. The van der Waals surface area contributed by atoms with Crippen molar-refractivity contribution in [2.75, 3.05) is 5.32 Å². The molecule has 108 valence electrons. The summed E-state index contributed by atoms with van der Waals surface area (Å²) < 4.78 is 5.86. The minimum Gasteiger partial charge on any atom is -0.456 e. The van der Waals surface area contributed by atoms with Gasteiger partial charge in [-0.1, -0.05) is 6.07 Å². The average Bonchev–Trinajstić information content (AvgIpc) is 2.50. The molecule has 1 amide bonds. The Morgan fingerprint density at radius 2 is 2.09 bits per heavy atom. The Kier molecular flexibility index (Phi) is 2.53. The third kappa shape index (κ3) is 1.77. The number of anilines is 1. The van der Waals surface area contributed by atoms with Crippen LogP contribution in [0.5, 0.6) is 11.5 Å². The van der Waals surface area contributed by atoms with Crippen LogP contribution in [0, 0.1) is 0 Å². The molecular formula is C16H11N3O3. The predicted octanol–water partition coefficient (Wildman–Crippen LogP) is 2.65. The van der Waals surface area contributed by atoms with Crippen LogP contribution in [-0.2, 0) is 4.79 Å². The summed E-state index contributed by atoms with van der Waals surface area (Å²) in [6.07, 6.45) is 0. The topological polar surface area (TPSA) is 84.1 Å². The lowest BCUT2D eigenvalue weighted by Gasteiger charge is -2.20. The summed E-state index contributed by atoms with van der Waals surface area (Å²) in [5.74, 6) is 1.08. The van der Waals surface area contributed by atoms with Crippen molar-refractivity contribution in [3.8, 4) is 22.8 Å². The lowest BCUT2D eigenvalue weighted by atomic mass is 10.0. The summed E-state index contributed by atoms with van der Waals surface area (Å²) >= 11 is 0. The molecule has 22 heavy (non-hydrogen) atoms. The molecule has 2 heterocycles. The maximum absolute atomic E-state index is 11.9. The van der Waals surface area contributed by atoms with Gasteiger partial charge in [-0.3, -0.25) is 9.59 Å². The number of amides is 1. The van der Waals surface area contributed by atoms with Crippen molar-refractivity contribution >= 4 is 22.4 Å². The van der Waals surface area contributed by atoms with Gasteiger partial charge >= 0.3 is 0 Å². The van der Waals surface area contributed by atoms with Gasteiger partial charge in [0, 0.05) is 18.2 Å². The van der Waals surface area contributed by atoms with Gasteiger partial charge in [0.1, 0.15) is 17.2 Å². The fourth-order valence-corrected chi connectivity index (χ4v) is 2.67. The lowest BCUT2D eigenvalue weighted by molar-refractivity contribution is -0.114. The Bertz CT molecular complexity index is 992. The molecule has 1 aliphatic heterocycles. The summed E-state index contributed by atoms with van der Waals surface area (Å²) in [7, 11) is 0. The lowest BCUT2D eigenvalue weighted by Crippen LogP contribution is -2.12. The second-order valence-corrected chi connectivity index (χ2v) is 5.07. The summed E-state index contributed by atoms with van der Waals surface area (Å²) in [5.41, 5.74) is 1.76. The van der Waals surface area contributed by atoms with Crippen LogP contribution in [-0.4, -0.2) is 16.1 Å². The maximum atomic E-state index is 11.9. The van der Waals surface area contributed by atoms with E-state index in [1.807, 2.05) is 0 Å². The molecule has 0 fully saturated rings. The van der Waals surface area contributed by atoms with E-state index in [0.29, 0.717) is 33.7 Å². The zero-order chi connectivity index (χ0) is 15.3. The SMILES string of the molecule is CC(=O)Nc1ccc2c(c1)-c1n[nH]c(=O)c3cccc(c13)O2. The number of benzene rings is 2. The van der Waals surface area contributed by atoms with Gasteiger partial charge in [-0.2, -0.15) is 5.10 Å². The molecule has 2 N–H and O–H groups in total. The van der Waals surface area contributed by atoms with E-state index in [9.17, 15) is 9.59 Å². The number of hydrogen-bond donors (Lipinski definition) is 2. The molecule has 0 radical (unpaired) electrons. The Hall–Kier alpha value is -3.15. The van der Waals surface area contributed by atoms with Crippen molar-refractivity contribution in [1.82, 2.24) is 10.2 Å². The Morgan fingerprint density at radius 1 is 1.23 bits per heavy atom. The fraction of sp³-hybridized carbons (Fsp3) is 0.0625. The molecule has 2 aromatic carbocycles. The minimum atomic E-state index is -0.259. The molecule has 0 atom stereocenters. The van der Waals surface area contributed by atoms with Crippen LogP contribution in [0.4, 0.5) is 5.69 Å². The van der Waals surface area contributed by atoms with Crippen LogP contribution < -0.4 is 15.6 Å². The van der Waals surface area contributed by atoms with E-state index in [1.54, 1.807) is 36.4 Å².